The molecule has 0 aliphatic heterocycles. The van der Waals surface area contributed by atoms with Crippen LogP contribution in [0.15, 0.2) is 27.5 Å². The van der Waals surface area contributed by atoms with Crippen LogP contribution in [0.5, 0.6) is 0 Å². The number of halogens is 1. The summed E-state index contributed by atoms with van der Waals surface area (Å²) in [6, 6.07) is 1.82. The van der Waals surface area contributed by atoms with Crippen LogP contribution in [0.3, 0.4) is 0 Å². The lowest BCUT2D eigenvalue weighted by atomic mass is 9.94. The molecule has 0 aliphatic rings. The summed E-state index contributed by atoms with van der Waals surface area (Å²) in [5, 5.41) is 3.88. The van der Waals surface area contributed by atoms with Crippen LogP contribution in [-0.4, -0.2) is 27.7 Å². The second-order valence-electron chi connectivity index (χ2n) is 4.66. The Morgan fingerprint density at radius 2 is 2.20 bits per heavy atom. The van der Waals surface area contributed by atoms with Crippen molar-refractivity contribution in [1.82, 2.24) is 15.1 Å². The van der Waals surface area contributed by atoms with Gasteiger partial charge in [0, 0.05) is 22.4 Å². The molecular weight excluding hydrogens is 326 g/mol. The van der Waals surface area contributed by atoms with Crippen LogP contribution < -0.4 is 0 Å². The maximum Gasteiger partial charge on any atom is 0.321 e. The minimum atomic E-state index is -0.985. The van der Waals surface area contributed by atoms with Crippen LogP contribution in [0.2, 0.25) is 0 Å². The molecule has 0 aliphatic carbocycles. The fourth-order valence-corrected chi connectivity index (χ4v) is 1.89. The van der Waals surface area contributed by atoms with Crippen molar-refractivity contribution < 1.29 is 14.1 Å². The highest BCUT2D eigenvalue weighted by atomic mass is 79.9. The van der Waals surface area contributed by atoms with Gasteiger partial charge in [0.1, 0.15) is 5.41 Å². The number of hydrogen-bond acceptors (Lipinski definition) is 6. The minimum Gasteiger partial charge on any atom is -0.465 e. The molecule has 0 amide bonds. The number of ether oxygens (including phenoxy) is 1. The van der Waals surface area contributed by atoms with Gasteiger partial charge in [0.2, 0.25) is 11.7 Å². The molecular formula is C13H14BrN3O3. The summed E-state index contributed by atoms with van der Waals surface area (Å²) in [6.45, 7) is 5.42. The number of rotatable bonds is 4. The molecule has 6 nitrogen and oxygen atoms in total. The maximum atomic E-state index is 11.9. The van der Waals surface area contributed by atoms with Crippen molar-refractivity contribution in [3.8, 4) is 11.4 Å². The summed E-state index contributed by atoms with van der Waals surface area (Å²) in [5.41, 5.74) is -0.283. The normalized spacial score (nSPS) is 11.4. The molecule has 2 rings (SSSR count). The fraction of sp³-hybridized carbons (Fsp3) is 0.385. The van der Waals surface area contributed by atoms with Gasteiger partial charge in [0.25, 0.3) is 0 Å². The second-order valence-corrected chi connectivity index (χ2v) is 5.58. The van der Waals surface area contributed by atoms with Crippen molar-refractivity contribution >= 4 is 21.9 Å². The van der Waals surface area contributed by atoms with Crippen molar-refractivity contribution in [2.24, 2.45) is 0 Å². The van der Waals surface area contributed by atoms with Gasteiger partial charge in [-0.3, -0.25) is 9.78 Å². The smallest absolute Gasteiger partial charge is 0.321 e. The average molecular weight is 340 g/mol. The molecule has 0 N–H and O–H groups in total. The average Bonchev–Trinajstić information content (AvgIpc) is 2.89. The van der Waals surface area contributed by atoms with E-state index in [4.69, 9.17) is 9.26 Å². The molecule has 106 valence electrons. The van der Waals surface area contributed by atoms with E-state index in [1.54, 1.807) is 33.2 Å². The molecule has 2 heterocycles. The summed E-state index contributed by atoms with van der Waals surface area (Å²) in [5.74, 6) is 0.194. The largest absolute Gasteiger partial charge is 0.465 e. The summed E-state index contributed by atoms with van der Waals surface area (Å²) >= 11 is 3.33. The Hall–Kier alpha value is -1.76. The number of aromatic nitrogens is 3. The van der Waals surface area contributed by atoms with E-state index in [-0.39, 0.29) is 5.89 Å². The highest BCUT2D eigenvalue weighted by Gasteiger charge is 2.37. The minimum absolute atomic E-state index is 0.214. The van der Waals surface area contributed by atoms with Crippen LogP contribution in [0.4, 0.5) is 0 Å². The number of carbonyl (C=O) groups is 1. The zero-order valence-electron chi connectivity index (χ0n) is 11.4. The highest BCUT2D eigenvalue weighted by Crippen LogP contribution is 2.26. The van der Waals surface area contributed by atoms with Crippen molar-refractivity contribution in [2.45, 2.75) is 26.2 Å². The van der Waals surface area contributed by atoms with Crippen LogP contribution >= 0.6 is 15.9 Å². The van der Waals surface area contributed by atoms with Crippen LogP contribution in [0.1, 0.15) is 26.7 Å². The molecule has 2 aromatic heterocycles. The lowest BCUT2D eigenvalue weighted by Crippen LogP contribution is -2.31. The predicted molar refractivity (Wildman–Crippen MR) is 74.9 cm³/mol. The van der Waals surface area contributed by atoms with E-state index in [1.807, 2.05) is 6.07 Å². The molecule has 0 spiro atoms. The van der Waals surface area contributed by atoms with Crippen LogP contribution in [0, 0.1) is 0 Å². The van der Waals surface area contributed by atoms with Gasteiger partial charge in [0.15, 0.2) is 0 Å². The standard InChI is InChI=1S/C13H14BrN3O3/c1-4-19-12(18)13(2,3)11-16-10(17-20-11)8-5-9(14)7-15-6-8/h5-7H,4H2,1-3H3. The van der Waals surface area contributed by atoms with Gasteiger partial charge in [-0.25, -0.2) is 0 Å². The number of carbonyl (C=O) groups excluding carboxylic acids is 1. The van der Waals surface area contributed by atoms with E-state index < -0.39 is 11.4 Å². The monoisotopic (exact) mass is 339 g/mol. The Bertz CT molecular complexity index is 625. The molecule has 0 aromatic carbocycles. The number of esters is 1. The first-order valence-corrected chi connectivity index (χ1v) is 6.86. The summed E-state index contributed by atoms with van der Waals surface area (Å²) < 4.78 is 11.0. The van der Waals surface area contributed by atoms with E-state index in [0.717, 1.165) is 4.47 Å². The quantitative estimate of drug-likeness (QED) is 0.797. The third kappa shape index (κ3) is 2.87. The Balaban J connectivity index is 2.31. The van der Waals surface area contributed by atoms with Crippen LogP contribution in [0.25, 0.3) is 11.4 Å². The van der Waals surface area contributed by atoms with Gasteiger partial charge in [-0.05, 0) is 42.8 Å². The zero-order valence-corrected chi connectivity index (χ0v) is 13.0. The molecule has 7 heteroatoms. The predicted octanol–water partition coefficient (Wildman–Crippen LogP) is 2.73. The molecule has 2 aromatic rings. The topological polar surface area (TPSA) is 78.1 Å². The van der Waals surface area contributed by atoms with E-state index in [2.05, 4.69) is 31.1 Å². The Morgan fingerprint density at radius 1 is 1.45 bits per heavy atom. The first kappa shape index (κ1) is 14.6. The van der Waals surface area contributed by atoms with Crippen molar-refractivity contribution in [1.29, 1.82) is 0 Å². The molecule has 0 bridgehead atoms. The summed E-state index contributed by atoms with van der Waals surface area (Å²) in [7, 11) is 0. The van der Waals surface area contributed by atoms with E-state index in [1.165, 1.54) is 0 Å². The van der Waals surface area contributed by atoms with E-state index in [9.17, 15) is 4.79 Å². The number of hydrogen-bond donors (Lipinski definition) is 0. The molecule has 0 atom stereocenters. The first-order valence-electron chi connectivity index (χ1n) is 6.07. The lowest BCUT2D eigenvalue weighted by molar-refractivity contribution is -0.149. The SMILES string of the molecule is CCOC(=O)C(C)(C)c1nc(-c2cncc(Br)c2)no1. The van der Waals surface area contributed by atoms with Crippen LogP contribution in [-0.2, 0) is 14.9 Å². The highest BCUT2D eigenvalue weighted by molar-refractivity contribution is 9.10. The second kappa shape index (κ2) is 5.70. The van der Waals surface area contributed by atoms with Gasteiger partial charge < -0.3 is 9.26 Å². The fourth-order valence-electron chi connectivity index (χ4n) is 1.53. The lowest BCUT2D eigenvalue weighted by Gasteiger charge is -2.16. The van der Waals surface area contributed by atoms with Gasteiger partial charge in [-0.2, -0.15) is 4.98 Å². The third-order valence-corrected chi connectivity index (χ3v) is 3.14. The molecule has 0 fully saturated rings. The van der Waals surface area contributed by atoms with Crippen molar-refractivity contribution in [2.75, 3.05) is 6.61 Å². The first-order chi connectivity index (χ1) is 9.45. The van der Waals surface area contributed by atoms with Gasteiger partial charge in [0.05, 0.1) is 6.61 Å². The summed E-state index contributed by atoms with van der Waals surface area (Å²) in [6.07, 6.45) is 3.28. The number of pyridine rings is 1. The van der Waals surface area contributed by atoms with E-state index in [0.29, 0.717) is 18.0 Å². The maximum absolute atomic E-state index is 11.9. The molecule has 0 unspecified atom stereocenters. The Labute approximate surface area is 124 Å². The van der Waals surface area contributed by atoms with Gasteiger partial charge in [-0.15, -0.1) is 0 Å². The van der Waals surface area contributed by atoms with Crippen molar-refractivity contribution in [3.63, 3.8) is 0 Å². The third-order valence-electron chi connectivity index (χ3n) is 2.71. The number of nitrogens with zero attached hydrogens (tertiary/aromatic N) is 3. The molecule has 0 radical (unpaired) electrons. The van der Waals surface area contributed by atoms with Crippen molar-refractivity contribution in [3.05, 3.63) is 28.8 Å². The van der Waals surface area contributed by atoms with Gasteiger partial charge >= 0.3 is 5.97 Å². The molecule has 0 saturated heterocycles. The van der Waals surface area contributed by atoms with E-state index >= 15 is 0 Å². The molecule has 20 heavy (non-hydrogen) atoms. The Kier molecular flexibility index (Phi) is 4.17. The van der Waals surface area contributed by atoms with Gasteiger partial charge in [-0.1, -0.05) is 5.16 Å². The molecule has 0 saturated carbocycles. The zero-order chi connectivity index (χ0) is 14.8. The summed E-state index contributed by atoms with van der Waals surface area (Å²) in [4.78, 5) is 20.2. The Morgan fingerprint density at radius 3 is 2.85 bits per heavy atom.